The van der Waals surface area contributed by atoms with E-state index in [4.69, 9.17) is 11.6 Å². The molecule has 5 heteroatoms. The normalized spacial score (nSPS) is 18.2. The summed E-state index contributed by atoms with van der Waals surface area (Å²) >= 11 is 9.58. The number of hydrogen-bond donors (Lipinski definition) is 0. The van der Waals surface area contributed by atoms with Gasteiger partial charge in [-0.3, -0.25) is 0 Å². The van der Waals surface area contributed by atoms with E-state index in [1.807, 2.05) is 0 Å². The highest BCUT2D eigenvalue weighted by molar-refractivity contribution is 7.99. The molecule has 0 radical (unpaired) electrons. The highest BCUT2D eigenvalue weighted by Gasteiger charge is 2.09. The minimum atomic E-state index is 0.542. The van der Waals surface area contributed by atoms with Gasteiger partial charge in [-0.15, -0.1) is 22.9 Å². The molecule has 0 bridgehead atoms. The molecule has 0 N–H and O–H groups in total. The topological polar surface area (TPSA) is 16.1 Å². The average molecular weight is 291 g/mol. The first-order valence-electron chi connectivity index (χ1n) is 6.18. The molecule has 0 aliphatic carbocycles. The number of hydrogen-bond acceptors (Lipinski definition) is 4. The van der Waals surface area contributed by atoms with Crippen molar-refractivity contribution in [2.75, 3.05) is 31.1 Å². The molecule has 1 aromatic rings. The van der Waals surface area contributed by atoms with Crippen LogP contribution in [-0.2, 0) is 12.3 Å². The van der Waals surface area contributed by atoms with Gasteiger partial charge in [0.1, 0.15) is 0 Å². The van der Waals surface area contributed by atoms with Crippen LogP contribution in [0.15, 0.2) is 5.38 Å². The predicted molar refractivity (Wildman–Crippen MR) is 78.4 cm³/mol. The van der Waals surface area contributed by atoms with Crippen molar-refractivity contribution < 1.29 is 0 Å². The molecular weight excluding hydrogens is 272 g/mol. The number of thioether (sulfide) groups is 1. The molecule has 0 atom stereocenters. The van der Waals surface area contributed by atoms with E-state index in [-0.39, 0.29) is 0 Å². The molecular formula is C12H19ClN2S2. The van der Waals surface area contributed by atoms with Crippen LogP contribution >= 0.6 is 34.7 Å². The van der Waals surface area contributed by atoms with Crippen molar-refractivity contribution in [2.24, 2.45) is 0 Å². The molecule has 1 saturated heterocycles. The molecule has 0 saturated carbocycles. The standard InChI is InChI=1S/C12H19ClN2S2/c13-9-11-10-17-12(14-11)3-1-4-15-5-2-7-16-8-6-15/h10H,1-9H2. The van der Waals surface area contributed by atoms with E-state index >= 15 is 0 Å². The average Bonchev–Trinajstić information content (AvgIpc) is 2.65. The molecule has 0 aromatic carbocycles. The number of aryl methyl sites for hydroxylation is 1. The Labute approximate surface area is 117 Å². The van der Waals surface area contributed by atoms with Gasteiger partial charge in [0.2, 0.25) is 0 Å². The second-order valence-corrected chi connectivity index (χ2v) is 6.71. The maximum absolute atomic E-state index is 5.75. The van der Waals surface area contributed by atoms with Gasteiger partial charge >= 0.3 is 0 Å². The van der Waals surface area contributed by atoms with Crippen LogP contribution in [-0.4, -0.2) is 41.0 Å². The first kappa shape index (κ1) is 13.7. The lowest BCUT2D eigenvalue weighted by atomic mass is 10.3. The van der Waals surface area contributed by atoms with Gasteiger partial charge < -0.3 is 4.90 Å². The third-order valence-corrected chi connectivity index (χ3v) is 5.20. The lowest BCUT2D eigenvalue weighted by Gasteiger charge is -2.18. The van der Waals surface area contributed by atoms with Crippen molar-refractivity contribution in [3.05, 3.63) is 16.1 Å². The van der Waals surface area contributed by atoms with Gasteiger partial charge in [-0.1, -0.05) is 0 Å². The second-order valence-electron chi connectivity index (χ2n) is 4.28. The zero-order valence-corrected chi connectivity index (χ0v) is 12.4. The Balaban J connectivity index is 1.67. The van der Waals surface area contributed by atoms with Crippen molar-refractivity contribution >= 4 is 34.7 Å². The van der Waals surface area contributed by atoms with Gasteiger partial charge in [-0.25, -0.2) is 4.98 Å². The molecule has 1 aliphatic heterocycles. The van der Waals surface area contributed by atoms with Crippen LogP contribution < -0.4 is 0 Å². The van der Waals surface area contributed by atoms with Crippen molar-refractivity contribution in [3.8, 4) is 0 Å². The Morgan fingerprint density at radius 2 is 2.29 bits per heavy atom. The van der Waals surface area contributed by atoms with Crippen LogP contribution in [0.3, 0.4) is 0 Å². The molecule has 96 valence electrons. The quantitative estimate of drug-likeness (QED) is 0.775. The molecule has 1 aliphatic rings. The van der Waals surface area contributed by atoms with Crippen molar-refractivity contribution in [1.29, 1.82) is 0 Å². The van der Waals surface area contributed by atoms with Gasteiger partial charge in [0, 0.05) is 24.1 Å². The number of rotatable bonds is 5. The van der Waals surface area contributed by atoms with Crippen LogP contribution in [0.2, 0.25) is 0 Å². The Morgan fingerprint density at radius 1 is 1.35 bits per heavy atom. The zero-order chi connectivity index (χ0) is 11.9. The minimum absolute atomic E-state index is 0.542. The summed E-state index contributed by atoms with van der Waals surface area (Å²) < 4.78 is 0. The summed E-state index contributed by atoms with van der Waals surface area (Å²) in [5, 5.41) is 3.31. The van der Waals surface area contributed by atoms with Crippen LogP contribution in [0.1, 0.15) is 23.5 Å². The highest BCUT2D eigenvalue weighted by Crippen LogP contribution is 2.14. The first-order valence-corrected chi connectivity index (χ1v) is 8.74. The van der Waals surface area contributed by atoms with E-state index < -0.39 is 0 Å². The molecule has 2 rings (SSSR count). The Hall–Kier alpha value is 0.230. The van der Waals surface area contributed by atoms with E-state index in [2.05, 4.69) is 27.0 Å². The van der Waals surface area contributed by atoms with Crippen LogP contribution in [0.5, 0.6) is 0 Å². The summed E-state index contributed by atoms with van der Waals surface area (Å²) in [7, 11) is 0. The second kappa shape index (κ2) is 7.62. The van der Waals surface area contributed by atoms with Gasteiger partial charge in [-0.2, -0.15) is 11.8 Å². The van der Waals surface area contributed by atoms with Gasteiger partial charge in [-0.05, 0) is 31.7 Å². The fourth-order valence-corrected chi connectivity index (χ4v) is 3.99. The van der Waals surface area contributed by atoms with Crippen molar-refractivity contribution in [1.82, 2.24) is 9.88 Å². The Kier molecular flexibility index (Phi) is 6.12. The lowest BCUT2D eigenvalue weighted by molar-refractivity contribution is 0.292. The van der Waals surface area contributed by atoms with Gasteiger partial charge in [0.15, 0.2) is 0 Å². The number of thiazole rings is 1. The first-order chi connectivity index (χ1) is 8.38. The van der Waals surface area contributed by atoms with Crippen LogP contribution in [0.4, 0.5) is 0 Å². The molecule has 1 aromatic heterocycles. The SMILES string of the molecule is ClCc1csc(CCCN2CCCSCC2)n1. The lowest BCUT2D eigenvalue weighted by Crippen LogP contribution is -2.27. The van der Waals surface area contributed by atoms with Crippen molar-refractivity contribution in [3.63, 3.8) is 0 Å². The number of alkyl halides is 1. The summed E-state index contributed by atoms with van der Waals surface area (Å²) in [6.45, 7) is 3.75. The van der Waals surface area contributed by atoms with Gasteiger partial charge in [0.05, 0.1) is 16.6 Å². The number of aromatic nitrogens is 1. The number of nitrogens with zero attached hydrogens (tertiary/aromatic N) is 2. The Bertz CT molecular complexity index is 322. The Morgan fingerprint density at radius 3 is 3.12 bits per heavy atom. The fraction of sp³-hybridized carbons (Fsp3) is 0.750. The summed E-state index contributed by atoms with van der Waals surface area (Å²) in [6, 6.07) is 0. The maximum Gasteiger partial charge on any atom is 0.0929 e. The van der Waals surface area contributed by atoms with Crippen LogP contribution in [0.25, 0.3) is 0 Å². The largest absolute Gasteiger partial charge is 0.302 e. The fourth-order valence-electron chi connectivity index (χ4n) is 2.00. The molecule has 1 fully saturated rings. The number of halogens is 1. The molecule has 0 amide bonds. The summed E-state index contributed by atoms with van der Waals surface area (Å²) in [5.41, 5.74) is 1.03. The molecule has 0 unspecified atom stereocenters. The third-order valence-electron chi connectivity index (χ3n) is 2.92. The summed E-state index contributed by atoms with van der Waals surface area (Å²) in [6.07, 6.45) is 3.67. The summed E-state index contributed by atoms with van der Waals surface area (Å²) in [4.78, 5) is 7.09. The molecule has 2 heterocycles. The third kappa shape index (κ3) is 4.78. The smallest absolute Gasteiger partial charge is 0.0929 e. The van der Waals surface area contributed by atoms with Crippen molar-refractivity contribution in [2.45, 2.75) is 25.1 Å². The van der Waals surface area contributed by atoms with E-state index in [1.54, 1.807) is 11.3 Å². The summed E-state index contributed by atoms with van der Waals surface area (Å²) in [5.74, 6) is 3.18. The monoisotopic (exact) mass is 290 g/mol. The molecule has 0 spiro atoms. The van der Waals surface area contributed by atoms with E-state index in [1.165, 1.54) is 49.0 Å². The predicted octanol–water partition coefficient (Wildman–Crippen LogP) is 3.25. The maximum atomic E-state index is 5.75. The van der Waals surface area contributed by atoms with Crippen LogP contribution in [0, 0.1) is 0 Å². The van der Waals surface area contributed by atoms with E-state index in [0.717, 1.165) is 12.1 Å². The van der Waals surface area contributed by atoms with E-state index in [0.29, 0.717) is 5.88 Å². The van der Waals surface area contributed by atoms with E-state index in [9.17, 15) is 0 Å². The van der Waals surface area contributed by atoms with Gasteiger partial charge in [0.25, 0.3) is 0 Å². The molecule has 2 nitrogen and oxygen atoms in total. The highest BCUT2D eigenvalue weighted by atomic mass is 35.5. The molecule has 17 heavy (non-hydrogen) atoms. The zero-order valence-electron chi connectivity index (χ0n) is 10.0. The minimum Gasteiger partial charge on any atom is -0.302 e.